The van der Waals surface area contributed by atoms with Gasteiger partial charge in [0.1, 0.15) is 5.54 Å². The molecule has 1 aliphatic rings. The summed E-state index contributed by atoms with van der Waals surface area (Å²) in [5.74, 6) is -0.233. The Kier molecular flexibility index (Phi) is 4.52. The van der Waals surface area contributed by atoms with Crippen LogP contribution in [-0.2, 0) is 9.53 Å². The van der Waals surface area contributed by atoms with Gasteiger partial charge in [0.05, 0.1) is 12.7 Å². The van der Waals surface area contributed by atoms with Crippen molar-refractivity contribution in [2.24, 2.45) is 11.1 Å². The number of ether oxygens (including phenoxy) is 1. The lowest BCUT2D eigenvalue weighted by atomic mass is 9.89. The number of aliphatic hydroxyl groups is 1. The van der Waals surface area contributed by atoms with Gasteiger partial charge in [-0.2, -0.15) is 0 Å². The molecule has 1 saturated heterocycles. The number of rotatable bonds is 4. The summed E-state index contributed by atoms with van der Waals surface area (Å²) in [5.41, 5.74) is 5.02. The first kappa shape index (κ1) is 14.4. The number of hydrogen-bond acceptors (Lipinski definition) is 4. The van der Waals surface area contributed by atoms with Crippen molar-refractivity contribution in [3.63, 3.8) is 0 Å². The molecule has 5 nitrogen and oxygen atoms in total. The number of nitrogens with one attached hydrogen (secondary N) is 1. The van der Waals surface area contributed by atoms with Crippen molar-refractivity contribution >= 4 is 5.91 Å². The zero-order chi connectivity index (χ0) is 13.1. The van der Waals surface area contributed by atoms with Gasteiger partial charge in [0.2, 0.25) is 5.91 Å². The van der Waals surface area contributed by atoms with Gasteiger partial charge in [-0.25, -0.2) is 0 Å². The molecule has 0 radical (unpaired) electrons. The minimum atomic E-state index is -0.915. The molecule has 0 aromatic rings. The van der Waals surface area contributed by atoms with Gasteiger partial charge in [0, 0.05) is 13.2 Å². The molecule has 2 atom stereocenters. The van der Waals surface area contributed by atoms with E-state index in [1.165, 1.54) is 0 Å². The lowest BCUT2D eigenvalue weighted by Gasteiger charge is -2.25. The first-order valence-electron chi connectivity index (χ1n) is 6.06. The van der Waals surface area contributed by atoms with E-state index in [2.05, 4.69) is 5.32 Å². The third-order valence-corrected chi connectivity index (χ3v) is 2.85. The largest absolute Gasteiger partial charge is 0.391 e. The van der Waals surface area contributed by atoms with Crippen molar-refractivity contribution in [2.45, 2.75) is 45.3 Å². The Morgan fingerprint density at radius 2 is 2.24 bits per heavy atom. The van der Waals surface area contributed by atoms with Gasteiger partial charge in [-0.3, -0.25) is 4.79 Å². The van der Waals surface area contributed by atoms with Gasteiger partial charge in [-0.05, 0) is 18.3 Å². The number of carbonyl (C=O) groups excluding carboxylic acids is 1. The monoisotopic (exact) mass is 244 g/mol. The molecule has 1 rings (SSSR count). The molecule has 0 spiro atoms. The van der Waals surface area contributed by atoms with Crippen molar-refractivity contribution in [1.82, 2.24) is 5.32 Å². The predicted molar refractivity (Wildman–Crippen MR) is 65.4 cm³/mol. The fourth-order valence-corrected chi connectivity index (χ4v) is 1.93. The summed E-state index contributed by atoms with van der Waals surface area (Å²) < 4.78 is 5.12. The number of aliphatic hydroxyl groups excluding tert-OH is 1. The van der Waals surface area contributed by atoms with Crippen LogP contribution in [0.15, 0.2) is 0 Å². The van der Waals surface area contributed by atoms with E-state index in [0.717, 1.165) is 0 Å². The van der Waals surface area contributed by atoms with E-state index in [9.17, 15) is 9.90 Å². The molecule has 1 fully saturated rings. The minimum Gasteiger partial charge on any atom is -0.391 e. The second kappa shape index (κ2) is 5.33. The molecule has 5 heteroatoms. The SMILES string of the molecule is CC(C)(C)CC(O)CNC(=O)C1(N)CCOC1. The van der Waals surface area contributed by atoms with E-state index < -0.39 is 11.6 Å². The second-order valence-corrected chi connectivity index (χ2v) is 6.09. The standard InChI is InChI=1S/C12H24N2O3/c1-11(2,3)6-9(15)7-14-10(16)12(13)4-5-17-8-12/h9,15H,4-8,13H2,1-3H3,(H,14,16). The molecule has 0 bridgehead atoms. The van der Waals surface area contributed by atoms with Crippen LogP contribution >= 0.6 is 0 Å². The number of amides is 1. The summed E-state index contributed by atoms with van der Waals surface area (Å²) in [7, 11) is 0. The van der Waals surface area contributed by atoms with Crippen molar-refractivity contribution in [1.29, 1.82) is 0 Å². The first-order chi connectivity index (χ1) is 7.73. The van der Waals surface area contributed by atoms with E-state index in [4.69, 9.17) is 10.5 Å². The van der Waals surface area contributed by atoms with Gasteiger partial charge in [0.15, 0.2) is 0 Å². The third-order valence-electron chi connectivity index (χ3n) is 2.85. The average Bonchev–Trinajstić information content (AvgIpc) is 2.60. The summed E-state index contributed by atoms with van der Waals surface area (Å²) in [6.07, 6.45) is 0.639. The summed E-state index contributed by atoms with van der Waals surface area (Å²) in [6.45, 7) is 7.17. The Morgan fingerprint density at radius 1 is 1.59 bits per heavy atom. The third kappa shape index (κ3) is 4.61. The Hall–Kier alpha value is -0.650. The highest BCUT2D eigenvalue weighted by atomic mass is 16.5. The lowest BCUT2D eigenvalue weighted by Crippen LogP contribution is -2.55. The topological polar surface area (TPSA) is 84.6 Å². The van der Waals surface area contributed by atoms with Gasteiger partial charge in [0.25, 0.3) is 0 Å². The molecule has 1 heterocycles. The Labute approximate surface area is 103 Å². The smallest absolute Gasteiger partial charge is 0.242 e. The van der Waals surface area contributed by atoms with Crippen LogP contribution in [0.4, 0.5) is 0 Å². The van der Waals surface area contributed by atoms with E-state index >= 15 is 0 Å². The maximum absolute atomic E-state index is 11.8. The summed E-state index contributed by atoms with van der Waals surface area (Å²) in [5, 5.41) is 12.5. The van der Waals surface area contributed by atoms with Gasteiger partial charge in [-0.15, -0.1) is 0 Å². The highest BCUT2D eigenvalue weighted by Crippen LogP contribution is 2.20. The maximum atomic E-state index is 11.8. The molecule has 100 valence electrons. The molecule has 1 aliphatic heterocycles. The van der Waals surface area contributed by atoms with Crippen LogP contribution in [-0.4, -0.2) is 42.4 Å². The fourth-order valence-electron chi connectivity index (χ4n) is 1.93. The number of hydrogen-bond donors (Lipinski definition) is 3. The summed E-state index contributed by atoms with van der Waals surface area (Å²) in [4.78, 5) is 11.8. The minimum absolute atomic E-state index is 0.0427. The fraction of sp³-hybridized carbons (Fsp3) is 0.917. The van der Waals surface area contributed by atoms with Gasteiger partial charge < -0.3 is 20.9 Å². The van der Waals surface area contributed by atoms with E-state index in [-0.39, 0.29) is 24.5 Å². The summed E-state index contributed by atoms with van der Waals surface area (Å²) >= 11 is 0. The maximum Gasteiger partial charge on any atom is 0.242 e. The quantitative estimate of drug-likeness (QED) is 0.651. The Morgan fingerprint density at radius 3 is 2.71 bits per heavy atom. The molecule has 0 aromatic carbocycles. The predicted octanol–water partition coefficient (Wildman–Crippen LogP) is 0.0175. The van der Waals surface area contributed by atoms with Crippen LogP contribution < -0.4 is 11.1 Å². The molecular weight excluding hydrogens is 220 g/mol. The van der Waals surface area contributed by atoms with Crippen molar-refractivity contribution in [3.8, 4) is 0 Å². The van der Waals surface area contributed by atoms with Crippen LogP contribution in [0.3, 0.4) is 0 Å². The lowest BCUT2D eigenvalue weighted by molar-refractivity contribution is -0.126. The Balaban J connectivity index is 2.33. The van der Waals surface area contributed by atoms with Crippen molar-refractivity contribution in [2.75, 3.05) is 19.8 Å². The van der Waals surface area contributed by atoms with Crippen LogP contribution in [0.1, 0.15) is 33.6 Å². The molecule has 17 heavy (non-hydrogen) atoms. The number of carbonyl (C=O) groups is 1. The van der Waals surface area contributed by atoms with E-state index in [1.807, 2.05) is 20.8 Å². The zero-order valence-electron chi connectivity index (χ0n) is 11.0. The van der Waals surface area contributed by atoms with Gasteiger partial charge >= 0.3 is 0 Å². The van der Waals surface area contributed by atoms with Crippen LogP contribution in [0, 0.1) is 5.41 Å². The second-order valence-electron chi connectivity index (χ2n) is 6.09. The summed E-state index contributed by atoms with van der Waals surface area (Å²) in [6, 6.07) is 0. The van der Waals surface area contributed by atoms with Gasteiger partial charge in [-0.1, -0.05) is 20.8 Å². The highest BCUT2D eigenvalue weighted by Gasteiger charge is 2.38. The van der Waals surface area contributed by atoms with Crippen LogP contribution in [0.25, 0.3) is 0 Å². The highest BCUT2D eigenvalue weighted by molar-refractivity contribution is 5.86. The Bertz CT molecular complexity index is 267. The normalized spacial score (nSPS) is 26.9. The first-order valence-corrected chi connectivity index (χ1v) is 6.06. The van der Waals surface area contributed by atoms with Crippen molar-refractivity contribution in [3.05, 3.63) is 0 Å². The molecule has 4 N–H and O–H groups in total. The van der Waals surface area contributed by atoms with Crippen LogP contribution in [0.5, 0.6) is 0 Å². The molecule has 0 aliphatic carbocycles. The van der Waals surface area contributed by atoms with E-state index in [0.29, 0.717) is 19.4 Å². The molecule has 2 unspecified atom stereocenters. The van der Waals surface area contributed by atoms with E-state index in [1.54, 1.807) is 0 Å². The average molecular weight is 244 g/mol. The zero-order valence-corrected chi connectivity index (χ0v) is 11.0. The molecule has 1 amide bonds. The van der Waals surface area contributed by atoms with Crippen molar-refractivity contribution < 1.29 is 14.6 Å². The molecule has 0 aromatic heterocycles. The molecular formula is C12H24N2O3. The van der Waals surface area contributed by atoms with Crippen LogP contribution in [0.2, 0.25) is 0 Å². The molecule has 0 saturated carbocycles. The number of nitrogens with two attached hydrogens (primary N) is 1.